The summed E-state index contributed by atoms with van der Waals surface area (Å²) in [5.41, 5.74) is 0.322. The molecule has 0 saturated carbocycles. The third-order valence-corrected chi connectivity index (χ3v) is 6.54. The van der Waals surface area contributed by atoms with E-state index in [4.69, 9.17) is 0 Å². The van der Waals surface area contributed by atoms with Gasteiger partial charge in [0.25, 0.3) is 0 Å². The van der Waals surface area contributed by atoms with Crippen LogP contribution in [-0.2, 0) is 16.6 Å². The van der Waals surface area contributed by atoms with Crippen molar-refractivity contribution in [2.24, 2.45) is 0 Å². The van der Waals surface area contributed by atoms with Crippen molar-refractivity contribution in [1.82, 2.24) is 10.0 Å². The number of rotatable bonds is 6. The van der Waals surface area contributed by atoms with Gasteiger partial charge in [-0.15, -0.1) is 0 Å². The lowest BCUT2D eigenvalue weighted by Gasteiger charge is -2.13. The Balaban J connectivity index is 2.21. The number of sulfonamides is 1. The van der Waals surface area contributed by atoms with E-state index in [9.17, 15) is 12.8 Å². The van der Waals surface area contributed by atoms with E-state index in [1.54, 1.807) is 24.9 Å². The molecule has 1 aromatic carbocycles. The zero-order valence-corrected chi connectivity index (χ0v) is 14.9. The van der Waals surface area contributed by atoms with E-state index in [0.717, 1.165) is 18.6 Å². The van der Waals surface area contributed by atoms with E-state index in [-0.39, 0.29) is 16.7 Å². The van der Waals surface area contributed by atoms with Crippen molar-refractivity contribution >= 4 is 37.7 Å². The van der Waals surface area contributed by atoms with Gasteiger partial charge in [-0.2, -0.15) is 11.8 Å². The fraction of sp³-hybridized carbons (Fsp3) is 0.538. The Morgan fingerprint density at radius 2 is 2.24 bits per heavy atom. The number of benzene rings is 1. The van der Waals surface area contributed by atoms with Crippen LogP contribution in [-0.4, -0.2) is 33.0 Å². The average Bonchev–Trinajstić information content (AvgIpc) is 2.94. The topological polar surface area (TPSA) is 58.2 Å². The SMILES string of the molecule is CNCc1cc(Br)cc(S(=O)(=O)NCC2CCCS2)c1F. The third-order valence-electron chi connectivity index (χ3n) is 3.26. The highest BCUT2D eigenvalue weighted by Crippen LogP contribution is 2.27. The number of nitrogens with one attached hydrogen (secondary N) is 2. The van der Waals surface area contributed by atoms with Crippen molar-refractivity contribution in [3.8, 4) is 0 Å². The highest BCUT2D eigenvalue weighted by molar-refractivity contribution is 9.10. The molecule has 2 rings (SSSR count). The molecule has 0 bridgehead atoms. The van der Waals surface area contributed by atoms with Crippen molar-refractivity contribution in [1.29, 1.82) is 0 Å². The molecule has 1 aromatic rings. The van der Waals surface area contributed by atoms with Crippen LogP contribution in [0.15, 0.2) is 21.5 Å². The normalized spacial score (nSPS) is 19.1. The Hall–Kier alpha value is -0.150. The Kier molecular flexibility index (Phi) is 6.07. The maximum Gasteiger partial charge on any atom is 0.243 e. The molecule has 1 unspecified atom stereocenters. The predicted octanol–water partition coefficient (Wildman–Crippen LogP) is 2.48. The van der Waals surface area contributed by atoms with E-state index in [2.05, 4.69) is 26.0 Å². The van der Waals surface area contributed by atoms with Crippen molar-refractivity contribution in [2.45, 2.75) is 29.5 Å². The van der Waals surface area contributed by atoms with Gasteiger partial charge in [-0.1, -0.05) is 15.9 Å². The molecule has 8 heteroatoms. The van der Waals surface area contributed by atoms with Crippen LogP contribution in [0.5, 0.6) is 0 Å². The van der Waals surface area contributed by atoms with E-state index < -0.39 is 15.8 Å². The Labute approximate surface area is 137 Å². The van der Waals surface area contributed by atoms with E-state index >= 15 is 0 Å². The first-order chi connectivity index (χ1) is 9.94. The van der Waals surface area contributed by atoms with Crippen LogP contribution < -0.4 is 10.0 Å². The van der Waals surface area contributed by atoms with Gasteiger partial charge < -0.3 is 5.32 Å². The van der Waals surface area contributed by atoms with Gasteiger partial charge in [-0.05, 0) is 37.8 Å². The standard InChI is InChI=1S/C13H18BrFN2O2S2/c1-16-7-9-5-10(14)6-12(13(9)15)21(18,19)17-8-11-3-2-4-20-11/h5-6,11,16-17H,2-4,7-8H2,1H3. The van der Waals surface area contributed by atoms with Gasteiger partial charge in [-0.3, -0.25) is 0 Å². The lowest BCUT2D eigenvalue weighted by atomic mass is 10.2. The van der Waals surface area contributed by atoms with Crippen LogP contribution >= 0.6 is 27.7 Å². The number of thioether (sulfide) groups is 1. The van der Waals surface area contributed by atoms with Crippen molar-refractivity contribution in [3.05, 3.63) is 28.0 Å². The number of halogens is 2. The van der Waals surface area contributed by atoms with Crippen LogP contribution in [0.25, 0.3) is 0 Å². The third kappa shape index (κ3) is 4.41. The van der Waals surface area contributed by atoms with Gasteiger partial charge in [0.05, 0.1) is 0 Å². The second-order valence-electron chi connectivity index (χ2n) is 4.89. The van der Waals surface area contributed by atoms with Gasteiger partial charge in [0, 0.05) is 28.4 Å². The zero-order chi connectivity index (χ0) is 15.5. The second-order valence-corrected chi connectivity index (χ2v) is 8.95. The predicted molar refractivity (Wildman–Crippen MR) is 87.5 cm³/mol. The zero-order valence-electron chi connectivity index (χ0n) is 11.7. The fourth-order valence-corrected chi connectivity index (χ4v) is 5.41. The largest absolute Gasteiger partial charge is 0.316 e. The Morgan fingerprint density at radius 1 is 1.48 bits per heavy atom. The molecule has 1 fully saturated rings. The van der Waals surface area contributed by atoms with Gasteiger partial charge in [0.15, 0.2) is 0 Å². The summed E-state index contributed by atoms with van der Waals surface area (Å²) >= 11 is 4.99. The van der Waals surface area contributed by atoms with E-state index in [0.29, 0.717) is 16.6 Å². The summed E-state index contributed by atoms with van der Waals surface area (Å²) in [5.74, 6) is 0.364. The molecule has 1 aliphatic heterocycles. The molecule has 1 saturated heterocycles. The average molecular weight is 397 g/mol. The van der Waals surface area contributed by atoms with Crippen LogP contribution in [0, 0.1) is 5.82 Å². The van der Waals surface area contributed by atoms with Crippen LogP contribution in [0.4, 0.5) is 4.39 Å². The molecule has 1 heterocycles. The maximum atomic E-state index is 14.4. The summed E-state index contributed by atoms with van der Waals surface area (Å²) in [6, 6.07) is 2.89. The minimum Gasteiger partial charge on any atom is -0.316 e. The lowest BCUT2D eigenvalue weighted by Crippen LogP contribution is -2.30. The smallest absolute Gasteiger partial charge is 0.243 e. The maximum absolute atomic E-state index is 14.4. The fourth-order valence-electron chi connectivity index (χ4n) is 2.22. The molecule has 21 heavy (non-hydrogen) atoms. The van der Waals surface area contributed by atoms with Crippen molar-refractivity contribution in [3.63, 3.8) is 0 Å². The summed E-state index contributed by atoms with van der Waals surface area (Å²) in [6.45, 7) is 0.618. The molecule has 0 aliphatic carbocycles. The van der Waals surface area contributed by atoms with E-state index in [1.807, 2.05) is 0 Å². The Morgan fingerprint density at radius 3 is 2.86 bits per heavy atom. The van der Waals surface area contributed by atoms with Gasteiger partial charge in [0.1, 0.15) is 10.7 Å². The monoisotopic (exact) mass is 396 g/mol. The summed E-state index contributed by atoms with van der Waals surface area (Å²) in [6.07, 6.45) is 2.10. The van der Waals surface area contributed by atoms with Gasteiger partial charge in [0.2, 0.25) is 10.0 Å². The molecule has 0 radical (unpaired) electrons. The quantitative estimate of drug-likeness (QED) is 0.775. The minimum absolute atomic E-state index is 0.270. The molecular weight excluding hydrogens is 379 g/mol. The highest BCUT2D eigenvalue weighted by Gasteiger charge is 2.24. The van der Waals surface area contributed by atoms with E-state index in [1.165, 1.54) is 6.07 Å². The molecule has 2 N–H and O–H groups in total. The minimum atomic E-state index is -3.84. The Bertz CT molecular complexity index is 604. The van der Waals surface area contributed by atoms with Crippen molar-refractivity contribution < 1.29 is 12.8 Å². The molecule has 1 aliphatic rings. The molecule has 118 valence electrons. The summed E-state index contributed by atoms with van der Waals surface area (Å²) in [5, 5.41) is 3.11. The summed E-state index contributed by atoms with van der Waals surface area (Å²) in [4.78, 5) is -0.301. The van der Waals surface area contributed by atoms with Gasteiger partial charge >= 0.3 is 0 Å². The van der Waals surface area contributed by atoms with Crippen LogP contribution in [0.1, 0.15) is 18.4 Å². The van der Waals surface area contributed by atoms with Crippen LogP contribution in [0.3, 0.4) is 0 Å². The summed E-state index contributed by atoms with van der Waals surface area (Å²) in [7, 11) is -2.15. The first kappa shape index (κ1) is 17.2. The van der Waals surface area contributed by atoms with Crippen LogP contribution in [0.2, 0.25) is 0 Å². The molecule has 0 amide bonds. The first-order valence-electron chi connectivity index (χ1n) is 6.68. The molecule has 4 nitrogen and oxygen atoms in total. The summed E-state index contributed by atoms with van der Waals surface area (Å²) < 4.78 is 42.1. The van der Waals surface area contributed by atoms with Crippen molar-refractivity contribution in [2.75, 3.05) is 19.3 Å². The number of hydrogen-bond acceptors (Lipinski definition) is 4. The number of hydrogen-bond donors (Lipinski definition) is 2. The highest BCUT2D eigenvalue weighted by atomic mass is 79.9. The first-order valence-corrected chi connectivity index (χ1v) is 10.0. The molecule has 0 spiro atoms. The molecule has 1 atom stereocenters. The van der Waals surface area contributed by atoms with Gasteiger partial charge in [-0.25, -0.2) is 17.5 Å². The second kappa shape index (κ2) is 7.41. The lowest BCUT2D eigenvalue weighted by molar-refractivity contribution is 0.544. The molecule has 0 aromatic heterocycles. The molecular formula is C13H18BrFN2O2S2.